The Morgan fingerprint density at radius 3 is 2.50 bits per heavy atom. The zero-order chi connectivity index (χ0) is 22.9. The number of hydrogen-bond donors (Lipinski definition) is 2. The molecule has 8 heteroatoms. The molecule has 1 aromatic carbocycles. The maximum absolute atomic E-state index is 12.6. The fraction of sp³-hybridized carbons (Fsp3) is 0.500. The lowest BCUT2D eigenvalue weighted by molar-refractivity contribution is 0.0601. The Kier molecular flexibility index (Phi) is 9.17. The molecule has 0 amide bonds. The highest BCUT2D eigenvalue weighted by atomic mass is 32.1. The first kappa shape index (κ1) is 24.3. The van der Waals surface area contributed by atoms with E-state index in [0.29, 0.717) is 30.4 Å². The standard InChI is InChI=1S/C24H32N2O4S2/c1-4-29-18-13-12-16(14-19(18)30-5-2)15-25-24(31)26-22-21(23(27)28-3)17-10-8-6-7-9-11-20(17)32-22/h12-14H,4-11,15H2,1-3H3,(H2,25,26,31). The van der Waals surface area contributed by atoms with Gasteiger partial charge in [-0.05, 0) is 75.0 Å². The molecule has 0 unspecified atom stereocenters. The summed E-state index contributed by atoms with van der Waals surface area (Å²) >= 11 is 7.16. The molecule has 2 aromatic rings. The maximum atomic E-state index is 12.6. The molecule has 2 N–H and O–H groups in total. The van der Waals surface area contributed by atoms with E-state index >= 15 is 0 Å². The van der Waals surface area contributed by atoms with Crippen molar-refractivity contribution in [2.75, 3.05) is 25.6 Å². The van der Waals surface area contributed by atoms with Crippen LogP contribution in [0, 0.1) is 0 Å². The van der Waals surface area contributed by atoms with Crippen molar-refractivity contribution in [3.8, 4) is 11.5 Å². The molecule has 174 valence electrons. The summed E-state index contributed by atoms with van der Waals surface area (Å²) in [5, 5.41) is 7.72. The molecule has 3 rings (SSSR count). The number of carbonyl (C=O) groups excluding carboxylic acids is 1. The molecular formula is C24H32N2O4S2. The molecule has 1 aromatic heterocycles. The van der Waals surface area contributed by atoms with Gasteiger partial charge in [-0.15, -0.1) is 11.3 Å². The zero-order valence-corrected chi connectivity index (χ0v) is 20.7. The SMILES string of the molecule is CCOc1ccc(CNC(=S)Nc2sc3c(c2C(=O)OC)CCCCCC3)cc1OCC. The van der Waals surface area contributed by atoms with Crippen molar-refractivity contribution in [1.29, 1.82) is 0 Å². The van der Waals surface area contributed by atoms with Crippen LogP contribution < -0.4 is 20.1 Å². The summed E-state index contributed by atoms with van der Waals surface area (Å²) < 4.78 is 16.4. The molecule has 0 fully saturated rings. The Hall–Kier alpha value is -2.32. The van der Waals surface area contributed by atoms with Gasteiger partial charge in [0.05, 0.1) is 25.9 Å². The van der Waals surface area contributed by atoms with Crippen molar-refractivity contribution in [2.24, 2.45) is 0 Å². The third-order valence-electron chi connectivity index (χ3n) is 5.35. The smallest absolute Gasteiger partial charge is 0.341 e. The number of benzene rings is 1. The molecule has 1 aliphatic rings. The molecule has 1 aliphatic carbocycles. The normalized spacial score (nSPS) is 13.3. The van der Waals surface area contributed by atoms with Gasteiger partial charge in [0, 0.05) is 11.4 Å². The number of ether oxygens (including phenoxy) is 3. The molecule has 0 radical (unpaired) electrons. The Balaban J connectivity index is 1.71. The second-order valence-corrected chi connectivity index (χ2v) is 9.08. The van der Waals surface area contributed by atoms with Gasteiger partial charge in [-0.1, -0.05) is 18.9 Å². The molecule has 0 saturated heterocycles. The van der Waals surface area contributed by atoms with Gasteiger partial charge in [0.1, 0.15) is 5.00 Å². The number of aryl methyl sites for hydroxylation is 1. The minimum absolute atomic E-state index is 0.304. The first-order valence-corrected chi connectivity index (χ1v) is 12.5. The van der Waals surface area contributed by atoms with Gasteiger partial charge in [-0.3, -0.25) is 0 Å². The summed E-state index contributed by atoms with van der Waals surface area (Å²) in [5.74, 6) is 1.15. The number of anilines is 1. The van der Waals surface area contributed by atoms with E-state index < -0.39 is 0 Å². The lowest BCUT2D eigenvalue weighted by atomic mass is 9.96. The van der Waals surface area contributed by atoms with Gasteiger partial charge in [0.15, 0.2) is 16.6 Å². The minimum atomic E-state index is -0.304. The van der Waals surface area contributed by atoms with Crippen LogP contribution in [0.5, 0.6) is 11.5 Å². The summed E-state index contributed by atoms with van der Waals surface area (Å²) in [5.41, 5.74) is 2.78. The first-order chi connectivity index (χ1) is 15.6. The predicted molar refractivity (Wildman–Crippen MR) is 133 cm³/mol. The number of hydrogen-bond acceptors (Lipinski definition) is 6. The lowest BCUT2D eigenvalue weighted by Crippen LogP contribution is -2.28. The summed E-state index contributed by atoms with van der Waals surface area (Å²) in [4.78, 5) is 13.8. The van der Waals surface area contributed by atoms with Crippen molar-refractivity contribution in [1.82, 2.24) is 5.32 Å². The Morgan fingerprint density at radius 1 is 1.06 bits per heavy atom. The van der Waals surface area contributed by atoms with Crippen LogP contribution in [0.4, 0.5) is 5.00 Å². The fourth-order valence-electron chi connectivity index (χ4n) is 3.86. The highest BCUT2D eigenvalue weighted by Gasteiger charge is 2.25. The fourth-order valence-corrected chi connectivity index (χ4v) is 5.38. The molecule has 1 heterocycles. The zero-order valence-electron chi connectivity index (χ0n) is 19.0. The van der Waals surface area contributed by atoms with E-state index in [9.17, 15) is 4.79 Å². The number of thiocarbonyl (C=S) groups is 1. The van der Waals surface area contributed by atoms with E-state index in [2.05, 4.69) is 10.6 Å². The number of carbonyl (C=O) groups is 1. The monoisotopic (exact) mass is 476 g/mol. The second kappa shape index (κ2) is 12.1. The maximum Gasteiger partial charge on any atom is 0.341 e. The minimum Gasteiger partial charge on any atom is -0.490 e. The van der Waals surface area contributed by atoms with Crippen molar-refractivity contribution in [3.63, 3.8) is 0 Å². The molecule has 0 bridgehead atoms. The van der Waals surface area contributed by atoms with E-state index in [1.54, 1.807) is 11.3 Å². The Morgan fingerprint density at radius 2 is 1.78 bits per heavy atom. The van der Waals surface area contributed by atoms with Gasteiger partial charge in [0.25, 0.3) is 0 Å². The number of rotatable bonds is 8. The number of fused-ring (bicyclic) bond motifs is 1. The van der Waals surface area contributed by atoms with Crippen LogP contribution in [-0.2, 0) is 24.1 Å². The highest BCUT2D eigenvalue weighted by molar-refractivity contribution is 7.80. The molecular weight excluding hydrogens is 444 g/mol. The average Bonchev–Trinajstić information content (AvgIpc) is 3.09. The van der Waals surface area contributed by atoms with Gasteiger partial charge < -0.3 is 24.8 Å². The Labute approximate surface area is 199 Å². The topological polar surface area (TPSA) is 68.8 Å². The van der Waals surface area contributed by atoms with E-state index in [-0.39, 0.29) is 5.97 Å². The van der Waals surface area contributed by atoms with Gasteiger partial charge in [-0.2, -0.15) is 0 Å². The van der Waals surface area contributed by atoms with Crippen molar-refractivity contribution in [3.05, 3.63) is 39.8 Å². The molecule has 32 heavy (non-hydrogen) atoms. The van der Waals surface area contributed by atoms with Crippen LogP contribution in [0.2, 0.25) is 0 Å². The number of methoxy groups -OCH3 is 1. The van der Waals surface area contributed by atoms with Crippen molar-refractivity contribution in [2.45, 2.75) is 58.9 Å². The third kappa shape index (κ3) is 6.13. The van der Waals surface area contributed by atoms with Crippen LogP contribution in [0.15, 0.2) is 18.2 Å². The summed E-state index contributed by atoms with van der Waals surface area (Å²) in [7, 11) is 1.43. The number of nitrogens with one attached hydrogen (secondary N) is 2. The van der Waals surface area contributed by atoms with E-state index in [1.807, 2.05) is 32.0 Å². The van der Waals surface area contributed by atoms with E-state index in [4.69, 9.17) is 26.4 Å². The van der Waals surface area contributed by atoms with Crippen LogP contribution in [0.3, 0.4) is 0 Å². The third-order valence-corrected chi connectivity index (χ3v) is 6.80. The highest BCUT2D eigenvalue weighted by Crippen LogP contribution is 2.37. The van der Waals surface area contributed by atoms with Gasteiger partial charge in [-0.25, -0.2) is 4.79 Å². The van der Waals surface area contributed by atoms with Gasteiger partial charge >= 0.3 is 5.97 Å². The summed E-state index contributed by atoms with van der Waals surface area (Å²) in [6.07, 6.45) is 6.58. The number of thiophene rings is 1. The van der Waals surface area contributed by atoms with Crippen molar-refractivity contribution < 1.29 is 19.0 Å². The summed E-state index contributed by atoms with van der Waals surface area (Å²) in [6, 6.07) is 5.86. The number of esters is 1. The molecule has 0 aliphatic heterocycles. The molecule has 0 atom stereocenters. The molecule has 0 saturated carbocycles. The lowest BCUT2D eigenvalue weighted by Gasteiger charge is -2.14. The van der Waals surface area contributed by atoms with E-state index in [1.165, 1.54) is 24.8 Å². The summed E-state index contributed by atoms with van der Waals surface area (Å²) in [6.45, 7) is 5.57. The predicted octanol–water partition coefficient (Wildman–Crippen LogP) is 5.48. The van der Waals surface area contributed by atoms with Crippen LogP contribution in [0.25, 0.3) is 0 Å². The Bertz CT molecular complexity index is 942. The quantitative estimate of drug-likeness (QED) is 0.386. The van der Waals surface area contributed by atoms with Crippen LogP contribution in [0.1, 0.15) is 65.9 Å². The largest absolute Gasteiger partial charge is 0.490 e. The van der Waals surface area contributed by atoms with E-state index in [0.717, 1.165) is 53.3 Å². The van der Waals surface area contributed by atoms with Gasteiger partial charge in [0.2, 0.25) is 0 Å². The molecule has 6 nitrogen and oxygen atoms in total. The van der Waals surface area contributed by atoms with Crippen LogP contribution >= 0.6 is 23.6 Å². The van der Waals surface area contributed by atoms with Crippen molar-refractivity contribution >= 4 is 39.6 Å². The molecule has 0 spiro atoms. The second-order valence-electron chi connectivity index (χ2n) is 7.57. The van der Waals surface area contributed by atoms with Crippen LogP contribution in [-0.4, -0.2) is 31.4 Å². The first-order valence-electron chi connectivity index (χ1n) is 11.2. The average molecular weight is 477 g/mol.